The van der Waals surface area contributed by atoms with Crippen LogP contribution in [-0.4, -0.2) is 16.0 Å². The molecule has 0 bridgehead atoms. The lowest BCUT2D eigenvalue weighted by molar-refractivity contribution is 0.220. The van der Waals surface area contributed by atoms with E-state index < -0.39 is 0 Å². The van der Waals surface area contributed by atoms with Gasteiger partial charge in [0.25, 0.3) is 0 Å². The summed E-state index contributed by atoms with van der Waals surface area (Å²) in [5.41, 5.74) is 5.01. The van der Waals surface area contributed by atoms with Crippen LogP contribution in [0, 0.1) is 5.82 Å². The number of hydrogen-bond donors (Lipinski definition) is 0. The van der Waals surface area contributed by atoms with E-state index in [1.165, 1.54) is 22.9 Å². The summed E-state index contributed by atoms with van der Waals surface area (Å²) >= 11 is 0. The van der Waals surface area contributed by atoms with Crippen molar-refractivity contribution in [1.82, 2.24) is 9.47 Å². The molecule has 1 aliphatic rings. The van der Waals surface area contributed by atoms with E-state index in [1.807, 2.05) is 6.07 Å². The Morgan fingerprint density at radius 3 is 2.58 bits per heavy atom. The summed E-state index contributed by atoms with van der Waals surface area (Å²) in [6, 6.07) is 20.5. The molecule has 1 aromatic heterocycles. The average molecular weight is 348 g/mol. The molecule has 0 aliphatic carbocycles. The predicted octanol–water partition coefficient (Wildman–Crippen LogP) is 5.18. The van der Waals surface area contributed by atoms with E-state index in [0.29, 0.717) is 0 Å². The average Bonchev–Trinajstić information content (AvgIpc) is 3.04. The lowest BCUT2D eigenvalue weighted by Gasteiger charge is -2.31. The standard InChI is InChI=1S/C23H25FN2/c1-2-18-9-11-20(12-10-18)23-22-8-4-13-25(22)14-5-15-26(23)17-19-6-3-7-21(24)16-19/h3-4,6-13,16,23H,2,5,14-15,17H2,1H3. The molecule has 0 amide bonds. The van der Waals surface area contributed by atoms with E-state index in [9.17, 15) is 4.39 Å². The second-order valence-corrected chi connectivity index (χ2v) is 7.08. The van der Waals surface area contributed by atoms with Gasteiger partial charge in [0, 0.05) is 31.5 Å². The van der Waals surface area contributed by atoms with Crippen LogP contribution in [0.25, 0.3) is 0 Å². The third kappa shape index (κ3) is 3.45. The van der Waals surface area contributed by atoms with E-state index in [1.54, 1.807) is 12.1 Å². The van der Waals surface area contributed by atoms with Crippen LogP contribution < -0.4 is 0 Å². The molecule has 1 unspecified atom stereocenters. The Hall–Kier alpha value is -2.39. The Morgan fingerprint density at radius 1 is 0.962 bits per heavy atom. The fourth-order valence-corrected chi connectivity index (χ4v) is 4.00. The largest absolute Gasteiger partial charge is 0.350 e. The molecule has 3 heteroatoms. The first-order chi connectivity index (χ1) is 12.7. The number of halogens is 1. The van der Waals surface area contributed by atoms with Crippen LogP contribution >= 0.6 is 0 Å². The molecule has 2 heterocycles. The monoisotopic (exact) mass is 348 g/mol. The van der Waals surface area contributed by atoms with E-state index >= 15 is 0 Å². The van der Waals surface area contributed by atoms with Crippen molar-refractivity contribution in [1.29, 1.82) is 0 Å². The molecule has 3 aromatic rings. The van der Waals surface area contributed by atoms with Gasteiger partial charge >= 0.3 is 0 Å². The quantitative estimate of drug-likeness (QED) is 0.630. The zero-order chi connectivity index (χ0) is 17.9. The maximum atomic E-state index is 13.7. The van der Waals surface area contributed by atoms with Crippen LogP contribution in [0.15, 0.2) is 66.9 Å². The summed E-state index contributed by atoms with van der Waals surface area (Å²) in [7, 11) is 0. The Balaban J connectivity index is 1.72. The second-order valence-electron chi connectivity index (χ2n) is 7.08. The normalized spacial score (nSPS) is 17.7. The highest BCUT2D eigenvalue weighted by Gasteiger charge is 2.27. The van der Waals surface area contributed by atoms with Gasteiger partial charge < -0.3 is 4.57 Å². The molecule has 0 saturated heterocycles. The van der Waals surface area contributed by atoms with Crippen LogP contribution in [0.4, 0.5) is 4.39 Å². The molecule has 0 fully saturated rings. The maximum Gasteiger partial charge on any atom is 0.123 e. The second kappa shape index (κ2) is 7.46. The van der Waals surface area contributed by atoms with Crippen molar-refractivity contribution in [3.63, 3.8) is 0 Å². The topological polar surface area (TPSA) is 8.17 Å². The van der Waals surface area contributed by atoms with Gasteiger partial charge in [-0.05, 0) is 53.8 Å². The highest BCUT2D eigenvalue weighted by atomic mass is 19.1. The van der Waals surface area contributed by atoms with Gasteiger partial charge in [0.15, 0.2) is 0 Å². The molecule has 134 valence electrons. The number of benzene rings is 2. The van der Waals surface area contributed by atoms with Gasteiger partial charge in [-0.15, -0.1) is 0 Å². The summed E-state index contributed by atoms with van der Waals surface area (Å²) in [6.07, 6.45) is 4.32. The summed E-state index contributed by atoms with van der Waals surface area (Å²) in [5.74, 6) is -0.162. The van der Waals surface area contributed by atoms with Crippen LogP contribution in [0.1, 0.15) is 41.8 Å². The molecule has 0 radical (unpaired) electrons. The number of aryl methyl sites for hydroxylation is 2. The lowest BCUT2D eigenvalue weighted by atomic mass is 9.99. The summed E-state index contributed by atoms with van der Waals surface area (Å²) < 4.78 is 16.0. The van der Waals surface area contributed by atoms with Crippen molar-refractivity contribution in [2.45, 2.75) is 38.9 Å². The Morgan fingerprint density at radius 2 is 1.81 bits per heavy atom. The van der Waals surface area contributed by atoms with Crippen molar-refractivity contribution in [3.8, 4) is 0 Å². The molecular formula is C23H25FN2. The van der Waals surface area contributed by atoms with Crippen molar-refractivity contribution in [3.05, 3.63) is 95.1 Å². The van der Waals surface area contributed by atoms with Crippen LogP contribution in [0.3, 0.4) is 0 Å². The molecule has 2 aromatic carbocycles. The van der Waals surface area contributed by atoms with E-state index in [4.69, 9.17) is 0 Å². The van der Waals surface area contributed by atoms with Crippen LogP contribution in [0.2, 0.25) is 0 Å². The van der Waals surface area contributed by atoms with Gasteiger partial charge in [-0.3, -0.25) is 4.90 Å². The fourth-order valence-electron chi connectivity index (χ4n) is 4.00. The summed E-state index contributed by atoms with van der Waals surface area (Å²) in [4.78, 5) is 2.48. The number of rotatable bonds is 4. The van der Waals surface area contributed by atoms with E-state index in [2.05, 4.69) is 59.0 Å². The highest BCUT2D eigenvalue weighted by Crippen LogP contribution is 2.33. The minimum absolute atomic E-state index is 0.162. The predicted molar refractivity (Wildman–Crippen MR) is 104 cm³/mol. The van der Waals surface area contributed by atoms with Crippen molar-refractivity contribution < 1.29 is 4.39 Å². The number of nitrogens with zero attached hydrogens (tertiary/aromatic N) is 2. The van der Waals surface area contributed by atoms with Crippen LogP contribution in [0.5, 0.6) is 0 Å². The van der Waals surface area contributed by atoms with Crippen molar-refractivity contribution >= 4 is 0 Å². The van der Waals surface area contributed by atoms with Gasteiger partial charge in [0.2, 0.25) is 0 Å². The third-order valence-corrected chi connectivity index (χ3v) is 5.33. The van der Waals surface area contributed by atoms with Gasteiger partial charge in [-0.25, -0.2) is 4.39 Å². The minimum Gasteiger partial charge on any atom is -0.350 e. The van der Waals surface area contributed by atoms with Crippen molar-refractivity contribution in [2.75, 3.05) is 6.54 Å². The molecule has 0 spiro atoms. The SMILES string of the molecule is CCc1ccc(C2c3cccn3CCCN2Cc2cccc(F)c2)cc1. The Bertz CT molecular complexity index is 866. The zero-order valence-corrected chi connectivity index (χ0v) is 15.2. The number of hydrogen-bond acceptors (Lipinski definition) is 1. The minimum atomic E-state index is -0.162. The lowest BCUT2D eigenvalue weighted by Crippen LogP contribution is -2.29. The molecule has 1 atom stereocenters. The summed E-state index contributed by atoms with van der Waals surface area (Å²) in [6.45, 7) is 4.97. The maximum absolute atomic E-state index is 13.7. The first-order valence-electron chi connectivity index (χ1n) is 9.47. The molecule has 2 nitrogen and oxygen atoms in total. The molecule has 26 heavy (non-hydrogen) atoms. The molecular weight excluding hydrogens is 323 g/mol. The third-order valence-electron chi connectivity index (χ3n) is 5.33. The van der Waals surface area contributed by atoms with E-state index in [0.717, 1.165) is 38.0 Å². The van der Waals surface area contributed by atoms with Gasteiger partial charge in [0.05, 0.1) is 6.04 Å². The summed E-state index contributed by atoms with van der Waals surface area (Å²) in [5, 5.41) is 0. The van der Waals surface area contributed by atoms with Gasteiger partial charge in [-0.1, -0.05) is 43.3 Å². The number of aromatic nitrogens is 1. The molecule has 1 aliphatic heterocycles. The van der Waals surface area contributed by atoms with Gasteiger partial charge in [0.1, 0.15) is 5.82 Å². The first kappa shape index (κ1) is 17.0. The smallest absolute Gasteiger partial charge is 0.123 e. The molecule has 0 N–H and O–H groups in total. The van der Waals surface area contributed by atoms with Gasteiger partial charge in [-0.2, -0.15) is 0 Å². The van der Waals surface area contributed by atoms with E-state index in [-0.39, 0.29) is 11.9 Å². The Labute approximate surface area is 154 Å². The van der Waals surface area contributed by atoms with Crippen molar-refractivity contribution in [2.24, 2.45) is 0 Å². The highest BCUT2D eigenvalue weighted by molar-refractivity contribution is 5.32. The Kier molecular flexibility index (Phi) is 4.89. The number of fused-ring (bicyclic) bond motifs is 1. The molecule has 4 rings (SSSR count). The van der Waals surface area contributed by atoms with Crippen LogP contribution in [-0.2, 0) is 19.5 Å². The molecule has 0 saturated carbocycles. The first-order valence-corrected chi connectivity index (χ1v) is 9.47. The zero-order valence-electron chi connectivity index (χ0n) is 15.2. The fraction of sp³-hybridized carbons (Fsp3) is 0.304.